The van der Waals surface area contributed by atoms with Gasteiger partial charge in [0.15, 0.2) is 0 Å². The van der Waals surface area contributed by atoms with E-state index in [9.17, 15) is 4.79 Å². The van der Waals surface area contributed by atoms with Gasteiger partial charge >= 0.3 is 6.09 Å². The van der Waals surface area contributed by atoms with Crippen molar-refractivity contribution in [3.8, 4) is 5.75 Å². The van der Waals surface area contributed by atoms with Gasteiger partial charge < -0.3 is 9.64 Å². The lowest BCUT2D eigenvalue weighted by molar-refractivity contribution is 0.122. The van der Waals surface area contributed by atoms with Crippen LogP contribution in [0.25, 0.3) is 0 Å². The lowest BCUT2D eigenvalue weighted by atomic mass is 10.1. The van der Waals surface area contributed by atoms with Crippen LogP contribution < -0.4 is 4.74 Å². The summed E-state index contributed by atoms with van der Waals surface area (Å²) >= 11 is 0. The lowest BCUT2D eigenvalue weighted by Gasteiger charge is -2.29. The molecule has 3 heteroatoms. The van der Waals surface area contributed by atoms with Crippen molar-refractivity contribution >= 4 is 6.09 Å². The molecule has 0 saturated heterocycles. The molecule has 0 heterocycles. The largest absolute Gasteiger partial charge is 0.415 e. The molecule has 3 nitrogen and oxygen atoms in total. The van der Waals surface area contributed by atoms with Crippen LogP contribution in [0, 0.1) is 0 Å². The molecule has 0 fully saturated rings. The second kappa shape index (κ2) is 7.93. The Bertz CT molecular complexity index is 402. The fourth-order valence-corrected chi connectivity index (χ4v) is 2.28. The topological polar surface area (TPSA) is 29.5 Å². The number of unbranched alkanes of at least 4 members (excludes halogenated alkanes) is 1. The van der Waals surface area contributed by atoms with E-state index in [-0.39, 0.29) is 18.2 Å². The quantitative estimate of drug-likeness (QED) is 0.757. The number of rotatable bonds is 6. The number of nitrogens with zero attached hydrogens (tertiary/aromatic N) is 1. The summed E-state index contributed by atoms with van der Waals surface area (Å²) < 4.78 is 5.45. The predicted molar refractivity (Wildman–Crippen MR) is 83.2 cm³/mol. The zero-order chi connectivity index (χ0) is 15.1. The number of carbonyl (C=O) groups excluding carboxylic acids is 1. The predicted octanol–water partition coefficient (Wildman–Crippen LogP) is 4.65. The average Bonchev–Trinajstić information content (AvgIpc) is 2.37. The van der Waals surface area contributed by atoms with Crippen molar-refractivity contribution < 1.29 is 9.53 Å². The van der Waals surface area contributed by atoms with Crippen LogP contribution in [-0.4, -0.2) is 23.1 Å². The summed E-state index contributed by atoms with van der Waals surface area (Å²) in [6, 6.07) is 8.09. The summed E-state index contributed by atoms with van der Waals surface area (Å²) in [5.74, 6) is 0.613. The number of benzene rings is 1. The summed E-state index contributed by atoms with van der Waals surface area (Å²) in [7, 11) is 0. The highest BCUT2D eigenvalue weighted by atomic mass is 16.6. The molecule has 0 atom stereocenters. The van der Waals surface area contributed by atoms with Gasteiger partial charge in [-0.1, -0.05) is 25.5 Å². The van der Waals surface area contributed by atoms with Gasteiger partial charge in [0.25, 0.3) is 0 Å². The van der Waals surface area contributed by atoms with Gasteiger partial charge in [0.05, 0.1) is 0 Å². The molecule has 1 aromatic carbocycles. The number of hydrogen-bond acceptors (Lipinski definition) is 2. The van der Waals surface area contributed by atoms with Gasteiger partial charge in [0.1, 0.15) is 5.75 Å². The third-order valence-electron chi connectivity index (χ3n) is 3.27. The number of aryl methyl sites for hydroxylation is 1. The second-order valence-corrected chi connectivity index (χ2v) is 5.71. The van der Waals surface area contributed by atoms with Crippen LogP contribution in [0.5, 0.6) is 5.75 Å². The minimum Gasteiger partial charge on any atom is -0.410 e. The van der Waals surface area contributed by atoms with E-state index in [4.69, 9.17) is 4.74 Å². The van der Waals surface area contributed by atoms with Crippen LogP contribution in [0.15, 0.2) is 24.3 Å². The molecule has 112 valence electrons. The van der Waals surface area contributed by atoms with E-state index in [1.165, 1.54) is 18.4 Å². The van der Waals surface area contributed by atoms with Gasteiger partial charge in [-0.25, -0.2) is 4.79 Å². The van der Waals surface area contributed by atoms with Gasteiger partial charge in [-0.3, -0.25) is 0 Å². The van der Waals surface area contributed by atoms with Crippen LogP contribution in [0.2, 0.25) is 0 Å². The van der Waals surface area contributed by atoms with Crippen LogP contribution in [0.3, 0.4) is 0 Å². The minimum absolute atomic E-state index is 0.131. The molecule has 1 rings (SSSR count). The number of hydrogen-bond donors (Lipinski definition) is 0. The molecule has 0 aromatic heterocycles. The van der Waals surface area contributed by atoms with Crippen LogP contribution in [-0.2, 0) is 6.42 Å². The molecular weight excluding hydrogens is 250 g/mol. The molecular formula is C17H27NO2. The van der Waals surface area contributed by atoms with E-state index in [1.54, 1.807) is 4.90 Å². The third kappa shape index (κ3) is 4.87. The average molecular weight is 277 g/mol. The van der Waals surface area contributed by atoms with Crippen LogP contribution in [0.4, 0.5) is 4.79 Å². The van der Waals surface area contributed by atoms with Crippen LogP contribution >= 0.6 is 0 Å². The Morgan fingerprint density at radius 3 is 2.10 bits per heavy atom. The standard InChI is InChI=1S/C17H27NO2/c1-6-7-8-15-9-11-16(12-10-15)20-17(19)18(13(2)3)14(4)5/h9-14H,6-8H2,1-5H3. The van der Waals surface area contributed by atoms with E-state index in [0.29, 0.717) is 5.75 Å². The monoisotopic (exact) mass is 277 g/mol. The summed E-state index contributed by atoms with van der Waals surface area (Å²) in [4.78, 5) is 13.9. The molecule has 0 aliphatic rings. The Labute approximate surface area is 122 Å². The van der Waals surface area contributed by atoms with E-state index in [2.05, 4.69) is 6.92 Å². The number of carbonyl (C=O) groups is 1. The van der Waals surface area contributed by atoms with Crippen molar-refractivity contribution in [2.24, 2.45) is 0 Å². The molecule has 0 N–H and O–H groups in total. The summed E-state index contributed by atoms with van der Waals surface area (Å²) in [6.45, 7) is 10.2. The normalized spacial score (nSPS) is 10.9. The summed E-state index contributed by atoms with van der Waals surface area (Å²) in [5.41, 5.74) is 1.29. The van der Waals surface area contributed by atoms with Crippen molar-refractivity contribution in [1.82, 2.24) is 4.90 Å². The molecule has 0 radical (unpaired) electrons. The maximum atomic E-state index is 12.2. The first kappa shape index (κ1) is 16.5. The van der Waals surface area contributed by atoms with Gasteiger partial charge in [0, 0.05) is 12.1 Å². The number of ether oxygens (including phenoxy) is 1. The molecule has 1 amide bonds. The van der Waals surface area contributed by atoms with E-state index < -0.39 is 0 Å². The molecule has 0 aliphatic heterocycles. The molecule has 1 aromatic rings. The Balaban J connectivity index is 2.65. The van der Waals surface area contributed by atoms with Crippen molar-refractivity contribution in [3.05, 3.63) is 29.8 Å². The Morgan fingerprint density at radius 1 is 1.10 bits per heavy atom. The van der Waals surface area contributed by atoms with Crippen molar-refractivity contribution in [3.63, 3.8) is 0 Å². The Morgan fingerprint density at radius 2 is 1.65 bits per heavy atom. The molecule has 0 unspecified atom stereocenters. The van der Waals surface area contributed by atoms with Gasteiger partial charge in [-0.15, -0.1) is 0 Å². The third-order valence-corrected chi connectivity index (χ3v) is 3.27. The highest BCUT2D eigenvalue weighted by molar-refractivity contribution is 5.71. The summed E-state index contributed by atoms with van der Waals surface area (Å²) in [6.07, 6.45) is 3.17. The minimum atomic E-state index is -0.281. The number of amides is 1. The first-order valence-corrected chi connectivity index (χ1v) is 7.54. The maximum Gasteiger partial charge on any atom is 0.415 e. The van der Waals surface area contributed by atoms with E-state index >= 15 is 0 Å². The SMILES string of the molecule is CCCCc1ccc(OC(=O)N(C(C)C)C(C)C)cc1. The van der Waals surface area contributed by atoms with Crippen molar-refractivity contribution in [2.45, 2.75) is 66.0 Å². The van der Waals surface area contributed by atoms with Crippen molar-refractivity contribution in [1.29, 1.82) is 0 Å². The van der Waals surface area contributed by atoms with Crippen LogP contribution in [0.1, 0.15) is 53.0 Å². The first-order chi connectivity index (χ1) is 9.45. The van der Waals surface area contributed by atoms with Crippen molar-refractivity contribution in [2.75, 3.05) is 0 Å². The zero-order valence-corrected chi connectivity index (χ0v) is 13.3. The van der Waals surface area contributed by atoms with Gasteiger partial charge in [-0.05, 0) is 58.2 Å². The molecule has 20 heavy (non-hydrogen) atoms. The Kier molecular flexibility index (Phi) is 6.56. The summed E-state index contributed by atoms with van der Waals surface area (Å²) in [5, 5.41) is 0. The van der Waals surface area contributed by atoms with E-state index in [1.807, 2.05) is 52.0 Å². The smallest absolute Gasteiger partial charge is 0.410 e. The maximum absolute atomic E-state index is 12.2. The molecule has 0 saturated carbocycles. The molecule has 0 spiro atoms. The molecule has 0 bridgehead atoms. The molecule has 0 aliphatic carbocycles. The fraction of sp³-hybridized carbons (Fsp3) is 0.588. The Hall–Kier alpha value is -1.51. The highest BCUT2D eigenvalue weighted by Crippen LogP contribution is 2.16. The lowest BCUT2D eigenvalue weighted by Crippen LogP contribution is -2.43. The fourth-order valence-electron chi connectivity index (χ4n) is 2.28. The highest BCUT2D eigenvalue weighted by Gasteiger charge is 2.21. The van der Waals surface area contributed by atoms with E-state index in [0.717, 1.165) is 6.42 Å². The van der Waals surface area contributed by atoms with Gasteiger partial charge in [-0.2, -0.15) is 0 Å². The zero-order valence-electron chi connectivity index (χ0n) is 13.3. The second-order valence-electron chi connectivity index (χ2n) is 5.71. The van der Waals surface area contributed by atoms with Gasteiger partial charge in [0.2, 0.25) is 0 Å². The first-order valence-electron chi connectivity index (χ1n) is 7.54.